The number of rotatable bonds is 4. The molecule has 0 saturated heterocycles. The minimum absolute atomic E-state index is 0.177. The van der Waals surface area contributed by atoms with Gasteiger partial charge in [0.15, 0.2) is 0 Å². The number of carbonyl (C=O) groups excluding carboxylic acids is 2. The third-order valence-electron chi connectivity index (χ3n) is 1.88. The van der Waals surface area contributed by atoms with Crippen LogP contribution in [-0.4, -0.2) is 24.8 Å². The highest BCUT2D eigenvalue weighted by atomic mass is 35.5. The van der Waals surface area contributed by atoms with Crippen molar-refractivity contribution >= 4 is 29.1 Å². The van der Waals surface area contributed by atoms with Crippen LogP contribution in [0.2, 0.25) is 0 Å². The van der Waals surface area contributed by atoms with Crippen molar-refractivity contribution in [3.05, 3.63) is 23.8 Å². The summed E-state index contributed by atoms with van der Waals surface area (Å²) in [7, 11) is 1.45. The van der Waals surface area contributed by atoms with E-state index in [2.05, 4.69) is 5.32 Å². The van der Waals surface area contributed by atoms with Gasteiger partial charge in [0, 0.05) is 5.56 Å². The summed E-state index contributed by atoms with van der Waals surface area (Å²) in [5.74, 6) is -0.710. The zero-order valence-electron chi connectivity index (χ0n) is 8.62. The lowest BCUT2D eigenvalue weighted by Crippen LogP contribution is -2.15. The molecule has 0 unspecified atom stereocenters. The molecule has 0 bridgehead atoms. The van der Waals surface area contributed by atoms with E-state index in [0.717, 1.165) is 0 Å². The molecule has 6 heteroatoms. The smallest absolute Gasteiger partial charge is 0.248 e. The average molecular weight is 243 g/mol. The van der Waals surface area contributed by atoms with Gasteiger partial charge in [0.2, 0.25) is 11.8 Å². The van der Waals surface area contributed by atoms with Crippen LogP contribution in [0.3, 0.4) is 0 Å². The highest BCUT2D eigenvalue weighted by Gasteiger charge is 2.09. The Hall–Kier alpha value is -1.75. The Morgan fingerprint density at radius 2 is 2.19 bits per heavy atom. The fourth-order valence-electron chi connectivity index (χ4n) is 1.14. The molecule has 2 amide bonds. The second-order valence-electron chi connectivity index (χ2n) is 2.96. The number of hydrogen-bond donors (Lipinski definition) is 2. The zero-order valence-corrected chi connectivity index (χ0v) is 9.38. The Morgan fingerprint density at radius 1 is 1.50 bits per heavy atom. The first-order valence-corrected chi connectivity index (χ1v) is 4.95. The molecule has 0 aliphatic carbocycles. The van der Waals surface area contributed by atoms with E-state index in [4.69, 9.17) is 22.1 Å². The average Bonchev–Trinajstić information content (AvgIpc) is 2.28. The van der Waals surface area contributed by atoms with Gasteiger partial charge in [0.05, 0.1) is 12.8 Å². The Bertz CT molecular complexity index is 421. The first-order chi connectivity index (χ1) is 7.58. The molecular formula is C10H11ClN2O3. The van der Waals surface area contributed by atoms with Crippen LogP contribution in [0, 0.1) is 0 Å². The standard InChI is InChI=1S/C10H11ClN2O3/c1-16-8-3-2-6(10(12)15)4-7(8)13-9(14)5-11/h2-4H,5H2,1H3,(H2,12,15)(H,13,14). The Balaban J connectivity index is 3.06. The Morgan fingerprint density at radius 3 is 2.69 bits per heavy atom. The maximum atomic E-state index is 11.1. The number of nitrogens with two attached hydrogens (primary N) is 1. The molecule has 0 spiro atoms. The molecule has 0 radical (unpaired) electrons. The number of methoxy groups -OCH3 is 1. The van der Waals surface area contributed by atoms with Crippen molar-refractivity contribution in [1.29, 1.82) is 0 Å². The zero-order chi connectivity index (χ0) is 12.1. The van der Waals surface area contributed by atoms with Gasteiger partial charge < -0.3 is 15.8 Å². The van der Waals surface area contributed by atoms with E-state index in [0.29, 0.717) is 11.4 Å². The fraction of sp³-hybridized carbons (Fsp3) is 0.200. The summed E-state index contributed by atoms with van der Waals surface area (Å²) >= 11 is 5.36. The van der Waals surface area contributed by atoms with Crippen LogP contribution in [0.1, 0.15) is 10.4 Å². The lowest BCUT2D eigenvalue weighted by atomic mass is 10.1. The summed E-state index contributed by atoms with van der Waals surface area (Å²) in [6.07, 6.45) is 0. The maximum absolute atomic E-state index is 11.1. The molecule has 16 heavy (non-hydrogen) atoms. The molecule has 0 atom stereocenters. The topological polar surface area (TPSA) is 81.4 Å². The quantitative estimate of drug-likeness (QED) is 0.772. The third kappa shape index (κ3) is 2.87. The molecule has 0 aliphatic heterocycles. The van der Waals surface area contributed by atoms with E-state index >= 15 is 0 Å². The number of carbonyl (C=O) groups is 2. The van der Waals surface area contributed by atoms with Crippen LogP contribution in [0.15, 0.2) is 18.2 Å². The van der Waals surface area contributed by atoms with Crippen LogP contribution >= 0.6 is 11.6 Å². The van der Waals surface area contributed by atoms with Gasteiger partial charge in [-0.05, 0) is 18.2 Å². The summed E-state index contributed by atoms with van der Waals surface area (Å²) in [4.78, 5) is 22.1. The van der Waals surface area contributed by atoms with Crippen molar-refractivity contribution in [1.82, 2.24) is 0 Å². The second-order valence-corrected chi connectivity index (χ2v) is 3.23. The van der Waals surface area contributed by atoms with E-state index < -0.39 is 5.91 Å². The lowest BCUT2D eigenvalue weighted by molar-refractivity contribution is -0.113. The van der Waals surface area contributed by atoms with Gasteiger partial charge in [0.25, 0.3) is 0 Å². The Labute approximate surface area is 97.5 Å². The van der Waals surface area contributed by atoms with Crippen LogP contribution in [0.5, 0.6) is 5.75 Å². The number of amides is 2. The number of nitrogens with one attached hydrogen (secondary N) is 1. The van der Waals surface area contributed by atoms with Crippen molar-refractivity contribution in [2.75, 3.05) is 18.3 Å². The molecule has 0 aromatic heterocycles. The summed E-state index contributed by atoms with van der Waals surface area (Å²) in [5, 5.41) is 2.50. The molecule has 86 valence electrons. The molecule has 0 saturated carbocycles. The first kappa shape index (κ1) is 12.3. The van der Waals surface area contributed by atoms with Crippen LogP contribution in [-0.2, 0) is 4.79 Å². The van der Waals surface area contributed by atoms with E-state index in [1.54, 1.807) is 6.07 Å². The monoisotopic (exact) mass is 242 g/mol. The van der Waals surface area contributed by atoms with Crippen molar-refractivity contribution in [3.8, 4) is 5.75 Å². The van der Waals surface area contributed by atoms with Crippen molar-refractivity contribution in [2.24, 2.45) is 5.73 Å². The summed E-state index contributed by atoms with van der Waals surface area (Å²) in [6, 6.07) is 4.49. The van der Waals surface area contributed by atoms with Gasteiger partial charge in [-0.15, -0.1) is 11.6 Å². The van der Waals surface area contributed by atoms with E-state index in [1.807, 2.05) is 0 Å². The molecule has 1 aromatic rings. The Kier molecular flexibility index (Phi) is 4.13. The van der Waals surface area contributed by atoms with Gasteiger partial charge >= 0.3 is 0 Å². The van der Waals surface area contributed by atoms with E-state index in [-0.39, 0.29) is 17.4 Å². The van der Waals surface area contributed by atoms with Crippen LogP contribution in [0.4, 0.5) is 5.69 Å². The van der Waals surface area contributed by atoms with Crippen molar-refractivity contribution in [3.63, 3.8) is 0 Å². The molecule has 0 fully saturated rings. The van der Waals surface area contributed by atoms with Gasteiger partial charge in [-0.2, -0.15) is 0 Å². The molecule has 3 N–H and O–H groups in total. The van der Waals surface area contributed by atoms with Crippen molar-refractivity contribution in [2.45, 2.75) is 0 Å². The fourth-order valence-corrected chi connectivity index (χ4v) is 1.21. The number of primary amides is 1. The predicted molar refractivity (Wildman–Crippen MR) is 60.9 cm³/mol. The first-order valence-electron chi connectivity index (χ1n) is 4.42. The summed E-state index contributed by atoms with van der Waals surface area (Å²) < 4.78 is 5.02. The SMILES string of the molecule is COc1ccc(C(N)=O)cc1NC(=O)CCl. The second kappa shape index (κ2) is 5.37. The number of alkyl halides is 1. The van der Waals surface area contributed by atoms with Gasteiger partial charge in [-0.25, -0.2) is 0 Å². The van der Waals surface area contributed by atoms with E-state index in [9.17, 15) is 9.59 Å². The normalized spacial score (nSPS) is 9.62. The number of ether oxygens (including phenoxy) is 1. The molecule has 1 aromatic carbocycles. The minimum Gasteiger partial charge on any atom is -0.495 e. The van der Waals surface area contributed by atoms with Crippen LogP contribution < -0.4 is 15.8 Å². The van der Waals surface area contributed by atoms with Gasteiger partial charge in [0.1, 0.15) is 11.6 Å². The number of anilines is 1. The van der Waals surface area contributed by atoms with E-state index in [1.165, 1.54) is 19.2 Å². The summed E-state index contributed by atoms with van der Waals surface area (Å²) in [6.45, 7) is 0. The molecule has 5 nitrogen and oxygen atoms in total. The van der Waals surface area contributed by atoms with Crippen LogP contribution in [0.25, 0.3) is 0 Å². The molecule has 0 aliphatic rings. The van der Waals surface area contributed by atoms with Gasteiger partial charge in [-0.3, -0.25) is 9.59 Å². The number of benzene rings is 1. The highest BCUT2D eigenvalue weighted by molar-refractivity contribution is 6.29. The molecule has 0 heterocycles. The predicted octanol–water partition coefficient (Wildman–Crippen LogP) is 0.971. The molecular weight excluding hydrogens is 232 g/mol. The lowest BCUT2D eigenvalue weighted by Gasteiger charge is -2.10. The number of halogens is 1. The molecule has 1 rings (SSSR count). The number of hydrogen-bond acceptors (Lipinski definition) is 3. The summed E-state index contributed by atoms with van der Waals surface area (Å²) in [5.41, 5.74) is 5.77. The van der Waals surface area contributed by atoms with Crippen molar-refractivity contribution < 1.29 is 14.3 Å². The third-order valence-corrected chi connectivity index (χ3v) is 2.12. The minimum atomic E-state index is -0.580. The highest BCUT2D eigenvalue weighted by Crippen LogP contribution is 2.25. The van der Waals surface area contributed by atoms with Gasteiger partial charge in [-0.1, -0.05) is 0 Å². The maximum Gasteiger partial charge on any atom is 0.248 e. The largest absolute Gasteiger partial charge is 0.495 e.